The number of carbonyl (C=O) groups is 3. The second kappa shape index (κ2) is 6.76. The van der Waals surface area contributed by atoms with Crippen LogP contribution in [0.3, 0.4) is 0 Å². The second-order valence-electron chi connectivity index (χ2n) is 5.78. The van der Waals surface area contributed by atoms with Crippen molar-refractivity contribution in [2.75, 3.05) is 20.7 Å². The highest BCUT2D eigenvalue weighted by molar-refractivity contribution is 6.21. The summed E-state index contributed by atoms with van der Waals surface area (Å²) in [5.41, 5.74) is 2.06. The van der Waals surface area contributed by atoms with Gasteiger partial charge in [0.15, 0.2) is 0 Å². The van der Waals surface area contributed by atoms with Gasteiger partial charge >= 0.3 is 0 Å². The van der Waals surface area contributed by atoms with E-state index in [0.717, 1.165) is 16.2 Å². The van der Waals surface area contributed by atoms with E-state index in [-0.39, 0.29) is 23.3 Å². The molecule has 3 rings (SSSR count). The average molecular weight is 338 g/mol. The Hall–Kier alpha value is -3.15. The number of nitrogens with one attached hydrogen (secondary N) is 1. The molecule has 0 saturated carbocycles. The van der Waals surface area contributed by atoms with E-state index in [9.17, 15) is 14.4 Å². The third-order valence-electron chi connectivity index (χ3n) is 4.21. The van der Waals surface area contributed by atoms with Gasteiger partial charge in [-0.25, -0.2) is 0 Å². The van der Waals surface area contributed by atoms with Crippen LogP contribution < -0.4 is 10.1 Å². The monoisotopic (exact) mass is 338 g/mol. The molecule has 0 radical (unpaired) electrons. The number of methoxy groups -OCH3 is 1. The number of amides is 3. The standard InChI is InChI=1S/C19H18N2O4/c1-21-18(23)15-8-5-13(11-16(15)19(21)24)17(22)20-10-9-12-3-6-14(25-2)7-4-12/h3-8,11H,9-10H2,1-2H3,(H,20,22). The maximum Gasteiger partial charge on any atom is 0.261 e. The first kappa shape index (κ1) is 16.7. The summed E-state index contributed by atoms with van der Waals surface area (Å²) in [4.78, 5) is 37.2. The molecule has 0 spiro atoms. The highest BCUT2D eigenvalue weighted by Gasteiger charge is 2.33. The van der Waals surface area contributed by atoms with Crippen molar-refractivity contribution in [3.63, 3.8) is 0 Å². The van der Waals surface area contributed by atoms with Gasteiger partial charge in [0.1, 0.15) is 5.75 Å². The van der Waals surface area contributed by atoms with Crippen molar-refractivity contribution in [1.82, 2.24) is 10.2 Å². The van der Waals surface area contributed by atoms with E-state index in [4.69, 9.17) is 4.74 Å². The zero-order chi connectivity index (χ0) is 18.0. The molecule has 0 bridgehead atoms. The minimum absolute atomic E-state index is 0.272. The number of hydrogen-bond donors (Lipinski definition) is 1. The molecule has 6 heteroatoms. The molecule has 0 aliphatic carbocycles. The predicted octanol–water partition coefficient (Wildman–Crippen LogP) is 1.89. The molecular formula is C19H18N2O4. The molecule has 1 aliphatic rings. The Kier molecular flexibility index (Phi) is 4.52. The van der Waals surface area contributed by atoms with Crippen molar-refractivity contribution in [2.24, 2.45) is 0 Å². The Labute approximate surface area is 145 Å². The lowest BCUT2D eigenvalue weighted by atomic mass is 10.1. The number of carbonyl (C=O) groups excluding carboxylic acids is 3. The average Bonchev–Trinajstić information content (AvgIpc) is 2.86. The number of imide groups is 1. The van der Waals surface area contributed by atoms with Gasteiger partial charge in [0, 0.05) is 19.2 Å². The number of fused-ring (bicyclic) bond motifs is 1. The quantitative estimate of drug-likeness (QED) is 0.845. The van der Waals surface area contributed by atoms with Crippen molar-refractivity contribution in [1.29, 1.82) is 0 Å². The van der Waals surface area contributed by atoms with Gasteiger partial charge in [-0.1, -0.05) is 12.1 Å². The Bertz CT molecular complexity index is 843. The van der Waals surface area contributed by atoms with Crippen molar-refractivity contribution >= 4 is 17.7 Å². The molecule has 128 valence electrons. The molecule has 0 fully saturated rings. The molecule has 2 aromatic carbocycles. The predicted molar refractivity (Wildman–Crippen MR) is 91.9 cm³/mol. The van der Waals surface area contributed by atoms with Crippen molar-refractivity contribution in [3.8, 4) is 5.75 Å². The second-order valence-corrected chi connectivity index (χ2v) is 5.78. The Morgan fingerprint density at radius 3 is 2.40 bits per heavy atom. The van der Waals surface area contributed by atoms with Gasteiger partial charge in [0.2, 0.25) is 0 Å². The highest BCUT2D eigenvalue weighted by Crippen LogP contribution is 2.22. The van der Waals surface area contributed by atoms with E-state index in [0.29, 0.717) is 24.1 Å². The number of nitrogens with zero attached hydrogens (tertiary/aromatic N) is 1. The number of benzene rings is 2. The summed E-state index contributed by atoms with van der Waals surface area (Å²) in [7, 11) is 3.04. The first-order valence-corrected chi connectivity index (χ1v) is 7.89. The highest BCUT2D eigenvalue weighted by atomic mass is 16.5. The summed E-state index contributed by atoms with van der Waals surface area (Å²) >= 11 is 0. The summed E-state index contributed by atoms with van der Waals surface area (Å²) in [6.07, 6.45) is 0.681. The molecule has 1 N–H and O–H groups in total. The minimum Gasteiger partial charge on any atom is -0.497 e. The fourth-order valence-corrected chi connectivity index (χ4v) is 2.72. The van der Waals surface area contributed by atoms with E-state index < -0.39 is 0 Å². The maximum absolute atomic E-state index is 12.3. The molecule has 3 amide bonds. The van der Waals surface area contributed by atoms with Gasteiger partial charge in [-0.15, -0.1) is 0 Å². The van der Waals surface area contributed by atoms with Crippen LogP contribution >= 0.6 is 0 Å². The summed E-state index contributed by atoms with van der Waals surface area (Å²) in [5.74, 6) is -0.208. The Morgan fingerprint density at radius 1 is 1.04 bits per heavy atom. The van der Waals surface area contributed by atoms with E-state index in [2.05, 4.69) is 5.32 Å². The zero-order valence-electron chi connectivity index (χ0n) is 14.0. The normalized spacial score (nSPS) is 13.0. The van der Waals surface area contributed by atoms with Crippen LogP contribution in [0.1, 0.15) is 36.6 Å². The van der Waals surface area contributed by atoms with Gasteiger partial charge in [-0.2, -0.15) is 0 Å². The summed E-state index contributed by atoms with van der Waals surface area (Å²) in [6, 6.07) is 12.2. The van der Waals surface area contributed by atoms with E-state index >= 15 is 0 Å². The first-order chi connectivity index (χ1) is 12.0. The SMILES string of the molecule is COc1ccc(CCNC(=O)c2ccc3c(c2)C(=O)N(C)C3=O)cc1. The third-order valence-corrected chi connectivity index (χ3v) is 4.21. The van der Waals surface area contributed by atoms with Gasteiger partial charge in [0.05, 0.1) is 18.2 Å². The number of ether oxygens (including phenoxy) is 1. The fourth-order valence-electron chi connectivity index (χ4n) is 2.72. The van der Waals surface area contributed by atoms with Crippen LogP contribution in [0.4, 0.5) is 0 Å². The Morgan fingerprint density at radius 2 is 1.72 bits per heavy atom. The van der Waals surface area contributed by atoms with Crippen LogP contribution in [0.5, 0.6) is 5.75 Å². The van der Waals surface area contributed by atoms with Crippen LogP contribution in [0, 0.1) is 0 Å². The summed E-state index contributed by atoms with van der Waals surface area (Å²) < 4.78 is 5.11. The van der Waals surface area contributed by atoms with Crippen molar-refractivity contribution in [2.45, 2.75) is 6.42 Å². The lowest BCUT2D eigenvalue weighted by Crippen LogP contribution is -2.26. The molecule has 2 aromatic rings. The van der Waals surface area contributed by atoms with Crippen LogP contribution in [0.25, 0.3) is 0 Å². The molecule has 6 nitrogen and oxygen atoms in total. The summed E-state index contributed by atoms with van der Waals surface area (Å²) in [6.45, 7) is 0.467. The molecular weight excluding hydrogens is 320 g/mol. The summed E-state index contributed by atoms with van der Waals surface area (Å²) in [5, 5.41) is 2.82. The maximum atomic E-state index is 12.3. The van der Waals surface area contributed by atoms with Gasteiger partial charge in [-0.3, -0.25) is 19.3 Å². The van der Waals surface area contributed by atoms with Crippen LogP contribution in [0.15, 0.2) is 42.5 Å². The van der Waals surface area contributed by atoms with Crippen molar-refractivity contribution < 1.29 is 19.1 Å². The number of hydrogen-bond acceptors (Lipinski definition) is 4. The van der Waals surface area contributed by atoms with Crippen LogP contribution in [-0.2, 0) is 6.42 Å². The molecule has 0 saturated heterocycles. The fraction of sp³-hybridized carbons (Fsp3) is 0.211. The molecule has 0 unspecified atom stereocenters. The molecule has 25 heavy (non-hydrogen) atoms. The van der Waals surface area contributed by atoms with Gasteiger partial charge < -0.3 is 10.1 Å². The molecule has 0 aromatic heterocycles. The van der Waals surface area contributed by atoms with Gasteiger partial charge in [0.25, 0.3) is 17.7 Å². The molecule has 0 atom stereocenters. The van der Waals surface area contributed by atoms with Gasteiger partial charge in [-0.05, 0) is 42.3 Å². The largest absolute Gasteiger partial charge is 0.497 e. The first-order valence-electron chi connectivity index (χ1n) is 7.89. The Balaban J connectivity index is 1.62. The van der Waals surface area contributed by atoms with Crippen LogP contribution in [-0.4, -0.2) is 43.3 Å². The number of rotatable bonds is 5. The minimum atomic E-state index is -0.382. The molecule has 1 heterocycles. The third kappa shape index (κ3) is 3.24. The lowest BCUT2D eigenvalue weighted by molar-refractivity contribution is 0.0693. The van der Waals surface area contributed by atoms with E-state index in [1.54, 1.807) is 13.2 Å². The van der Waals surface area contributed by atoms with E-state index in [1.807, 2.05) is 24.3 Å². The topological polar surface area (TPSA) is 75.7 Å². The van der Waals surface area contributed by atoms with Crippen molar-refractivity contribution in [3.05, 3.63) is 64.7 Å². The lowest BCUT2D eigenvalue weighted by Gasteiger charge is -2.07. The van der Waals surface area contributed by atoms with Crippen LogP contribution in [0.2, 0.25) is 0 Å². The van der Waals surface area contributed by atoms with E-state index in [1.165, 1.54) is 19.2 Å². The smallest absolute Gasteiger partial charge is 0.261 e. The molecule has 1 aliphatic heterocycles. The zero-order valence-corrected chi connectivity index (χ0v) is 14.0.